The second-order valence-corrected chi connectivity index (χ2v) is 7.40. The van der Waals surface area contributed by atoms with Crippen LogP contribution in [-0.4, -0.2) is 54.8 Å². The largest absolute Gasteiger partial charge is 0.322 e. The number of urea groups is 1. The minimum atomic E-state index is -3.91. The van der Waals surface area contributed by atoms with E-state index in [9.17, 15) is 17.6 Å². The van der Waals surface area contributed by atoms with Crippen LogP contribution in [0.1, 0.15) is 0 Å². The summed E-state index contributed by atoms with van der Waals surface area (Å²) in [7, 11) is -3.91. The molecule has 0 atom stereocenters. The molecular weight excluding hydrogens is 347 g/mol. The number of carbonyl (C=O) groups excluding carboxylic acids is 1. The molecule has 0 bridgehead atoms. The second kappa shape index (κ2) is 7.16. The van der Waals surface area contributed by atoms with Gasteiger partial charge in [-0.15, -0.1) is 0 Å². The van der Waals surface area contributed by atoms with Gasteiger partial charge >= 0.3 is 6.03 Å². The zero-order chi connectivity index (χ0) is 17.9. The molecule has 2 heterocycles. The first-order valence-electron chi connectivity index (χ1n) is 7.69. The predicted molar refractivity (Wildman–Crippen MR) is 90.0 cm³/mol. The number of rotatable bonds is 3. The fourth-order valence-electron chi connectivity index (χ4n) is 2.56. The van der Waals surface area contributed by atoms with Crippen molar-refractivity contribution in [3.63, 3.8) is 0 Å². The zero-order valence-electron chi connectivity index (χ0n) is 13.3. The van der Waals surface area contributed by atoms with Crippen LogP contribution in [0.5, 0.6) is 0 Å². The number of nitrogens with zero attached hydrogens (tertiary/aromatic N) is 3. The number of nitrogens with one attached hydrogen (secondary N) is 1. The lowest BCUT2D eigenvalue weighted by Gasteiger charge is -2.34. The number of halogens is 1. The lowest BCUT2D eigenvalue weighted by Crippen LogP contribution is -2.51. The van der Waals surface area contributed by atoms with E-state index in [0.29, 0.717) is 5.69 Å². The van der Waals surface area contributed by atoms with Gasteiger partial charge in [0.05, 0.1) is 11.9 Å². The summed E-state index contributed by atoms with van der Waals surface area (Å²) in [5, 5.41) is 2.70. The molecule has 1 aromatic heterocycles. The summed E-state index contributed by atoms with van der Waals surface area (Å²) in [6.45, 7) is 0.661. The zero-order valence-corrected chi connectivity index (χ0v) is 14.1. The molecule has 2 amide bonds. The lowest BCUT2D eigenvalue weighted by atomic mass is 10.3. The molecule has 0 saturated carbocycles. The van der Waals surface area contributed by atoms with E-state index < -0.39 is 15.8 Å². The van der Waals surface area contributed by atoms with E-state index in [0.717, 1.165) is 6.07 Å². The van der Waals surface area contributed by atoms with Gasteiger partial charge in [-0.25, -0.2) is 17.6 Å². The number of hydrogen-bond acceptors (Lipinski definition) is 4. The maximum Gasteiger partial charge on any atom is 0.321 e. The van der Waals surface area contributed by atoms with Gasteiger partial charge in [-0.2, -0.15) is 4.31 Å². The minimum absolute atomic E-state index is 0.108. The summed E-state index contributed by atoms with van der Waals surface area (Å²) in [5.41, 5.74) is 0.564. The first kappa shape index (κ1) is 17.3. The Balaban J connectivity index is 1.64. The SMILES string of the molecule is O=C(Nc1cccnc1)N1CCN(S(=O)(=O)c2ccccc2F)CC1. The second-order valence-electron chi connectivity index (χ2n) is 5.49. The highest BCUT2D eigenvalue weighted by Crippen LogP contribution is 2.20. The van der Waals surface area contributed by atoms with Crippen LogP contribution in [0.15, 0.2) is 53.7 Å². The number of sulfonamides is 1. The number of amides is 2. The third-order valence-corrected chi connectivity index (χ3v) is 5.83. The van der Waals surface area contributed by atoms with E-state index in [1.807, 2.05) is 0 Å². The molecule has 0 spiro atoms. The van der Waals surface area contributed by atoms with Crippen LogP contribution in [0.25, 0.3) is 0 Å². The summed E-state index contributed by atoms with van der Waals surface area (Å²) >= 11 is 0. The van der Waals surface area contributed by atoms with E-state index in [2.05, 4.69) is 10.3 Å². The van der Waals surface area contributed by atoms with Gasteiger partial charge in [-0.05, 0) is 24.3 Å². The van der Waals surface area contributed by atoms with Crippen molar-refractivity contribution in [2.75, 3.05) is 31.5 Å². The summed E-state index contributed by atoms with van der Waals surface area (Å²) < 4.78 is 40.1. The van der Waals surface area contributed by atoms with Crippen molar-refractivity contribution in [2.45, 2.75) is 4.90 Å². The molecule has 9 heteroatoms. The van der Waals surface area contributed by atoms with Gasteiger partial charge in [0.2, 0.25) is 10.0 Å². The van der Waals surface area contributed by atoms with Crippen LogP contribution in [0.2, 0.25) is 0 Å². The summed E-state index contributed by atoms with van der Waals surface area (Å²) in [6, 6.07) is 8.37. The van der Waals surface area contributed by atoms with Gasteiger partial charge in [-0.3, -0.25) is 4.98 Å². The Labute approximate surface area is 145 Å². The molecule has 1 fully saturated rings. The molecule has 0 radical (unpaired) electrons. The molecule has 1 aliphatic heterocycles. The molecule has 25 heavy (non-hydrogen) atoms. The topological polar surface area (TPSA) is 82.6 Å². The normalized spacial score (nSPS) is 15.8. The van der Waals surface area contributed by atoms with E-state index >= 15 is 0 Å². The quantitative estimate of drug-likeness (QED) is 0.900. The molecule has 0 aliphatic carbocycles. The summed E-state index contributed by atoms with van der Waals surface area (Å²) in [5.74, 6) is -0.778. The van der Waals surface area contributed by atoms with Gasteiger partial charge in [0, 0.05) is 32.4 Å². The summed E-state index contributed by atoms with van der Waals surface area (Å²) in [4.78, 5) is 17.3. The molecule has 2 aromatic rings. The van der Waals surface area contributed by atoms with Crippen molar-refractivity contribution in [3.8, 4) is 0 Å². The highest BCUT2D eigenvalue weighted by molar-refractivity contribution is 7.89. The van der Waals surface area contributed by atoms with Gasteiger partial charge in [0.25, 0.3) is 0 Å². The third kappa shape index (κ3) is 3.77. The monoisotopic (exact) mass is 364 g/mol. The highest BCUT2D eigenvalue weighted by atomic mass is 32.2. The molecule has 0 unspecified atom stereocenters. The first-order chi connectivity index (χ1) is 12.0. The minimum Gasteiger partial charge on any atom is -0.322 e. The van der Waals surface area contributed by atoms with Crippen molar-refractivity contribution >= 4 is 21.7 Å². The fraction of sp³-hybridized carbons (Fsp3) is 0.250. The van der Waals surface area contributed by atoms with Crippen molar-refractivity contribution in [1.29, 1.82) is 0 Å². The Bertz CT molecular complexity index is 853. The predicted octanol–water partition coefficient (Wildman–Crippen LogP) is 1.76. The fourth-order valence-corrected chi connectivity index (χ4v) is 4.05. The molecule has 7 nitrogen and oxygen atoms in total. The van der Waals surface area contributed by atoms with Crippen LogP contribution in [0, 0.1) is 5.82 Å². The maximum atomic E-state index is 13.8. The Morgan fingerprint density at radius 2 is 1.80 bits per heavy atom. The van der Waals surface area contributed by atoms with E-state index in [-0.39, 0.29) is 37.1 Å². The number of carbonyl (C=O) groups is 1. The molecule has 132 valence electrons. The van der Waals surface area contributed by atoms with Crippen LogP contribution < -0.4 is 5.32 Å². The van der Waals surface area contributed by atoms with Gasteiger partial charge < -0.3 is 10.2 Å². The average Bonchev–Trinajstić information content (AvgIpc) is 2.63. The smallest absolute Gasteiger partial charge is 0.321 e. The first-order valence-corrected chi connectivity index (χ1v) is 9.13. The van der Waals surface area contributed by atoms with E-state index in [1.54, 1.807) is 18.3 Å². The number of piperazine rings is 1. The molecule has 1 aromatic carbocycles. The highest BCUT2D eigenvalue weighted by Gasteiger charge is 2.31. The number of aromatic nitrogens is 1. The molecular formula is C16H17FN4O3S. The Kier molecular flexibility index (Phi) is 4.95. The van der Waals surface area contributed by atoms with Crippen molar-refractivity contribution in [2.24, 2.45) is 0 Å². The van der Waals surface area contributed by atoms with Crippen LogP contribution in [-0.2, 0) is 10.0 Å². The third-order valence-electron chi connectivity index (χ3n) is 3.89. The Morgan fingerprint density at radius 1 is 1.08 bits per heavy atom. The lowest BCUT2D eigenvalue weighted by molar-refractivity contribution is 0.184. The van der Waals surface area contributed by atoms with Crippen LogP contribution in [0.3, 0.4) is 0 Å². The standard InChI is InChI=1S/C16H17FN4O3S/c17-14-5-1-2-6-15(14)25(23,24)21-10-8-20(9-11-21)16(22)19-13-4-3-7-18-12-13/h1-7,12H,8-11H2,(H,19,22). The van der Waals surface area contributed by atoms with Gasteiger partial charge in [-0.1, -0.05) is 12.1 Å². The molecule has 1 aliphatic rings. The average molecular weight is 364 g/mol. The number of benzene rings is 1. The van der Waals surface area contributed by atoms with E-state index in [1.165, 1.54) is 33.6 Å². The van der Waals surface area contributed by atoms with Crippen molar-refractivity contribution in [1.82, 2.24) is 14.2 Å². The Hall–Kier alpha value is -2.52. The van der Waals surface area contributed by atoms with Gasteiger partial charge in [0.1, 0.15) is 10.7 Å². The maximum absolute atomic E-state index is 13.8. The molecule has 3 rings (SSSR count). The Morgan fingerprint density at radius 3 is 2.44 bits per heavy atom. The number of anilines is 1. The van der Waals surface area contributed by atoms with Crippen LogP contribution in [0.4, 0.5) is 14.9 Å². The van der Waals surface area contributed by atoms with Crippen molar-refractivity contribution in [3.05, 3.63) is 54.6 Å². The molecule has 1 N–H and O–H groups in total. The van der Waals surface area contributed by atoms with Crippen molar-refractivity contribution < 1.29 is 17.6 Å². The number of hydrogen-bond donors (Lipinski definition) is 1. The van der Waals surface area contributed by atoms with Gasteiger partial charge in [0.15, 0.2) is 0 Å². The van der Waals surface area contributed by atoms with E-state index in [4.69, 9.17) is 0 Å². The van der Waals surface area contributed by atoms with Crippen LogP contribution >= 0.6 is 0 Å². The molecule has 1 saturated heterocycles. The summed E-state index contributed by atoms with van der Waals surface area (Å²) in [6.07, 6.45) is 3.12. The number of pyridine rings is 1.